The minimum absolute atomic E-state index is 0.245. The van der Waals surface area contributed by atoms with Crippen molar-refractivity contribution in [2.45, 2.75) is 6.42 Å². The zero-order valence-corrected chi connectivity index (χ0v) is 14.7. The molecule has 2 rings (SSSR count). The molecule has 0 bridgehead atoms. The van der Waals surface area contributed by atoms with Crippen LogP contribution in [0.3, 0.4) is 0 Å². The van der Waals surface area contributed by atoms with Crippen LogP contribution in [0, 0.1) is 0 Å². The van der Waals surface area contributed by atoms with Gasteiger partial charge < -0.3 is 24.8 Å². The van der Waals surface area contributed by atoms with E-state index in [1.807, 2.05) is 0 Å². The fourth-order valence-corrected chi connectivity index (χ4v) is 2.20. The summed E-state index contributed by atoms with van der Waals surface area (Å²) in [6.07, 6.45) is 2.45. The van der Waals surface area contributed by atoms with Crippen LogP contribution >= 0.6 is 0 Å². The van der Waals surface area contributed by atoms with Crippen LogP contribution in [-0.4, -0.2) is 45.4 Å². The Hall–Kier alpha value is -2.80. The molecule has 7 heteroatoms. The van der Waals surface area contributed by atoms with E-state index in [9.17, 15) is 4.79 Å². The van der Waals surface area contributed by atoms with Crippen LogP contribution in [0.25, 0.3) is 0 Å². The van der Waals surface area contributed by atoms with Crippen LogP contribution in [-0.2, 0) is 4.74 Å². The Morgan fingerprint density at radius 1 is 1.12 bits per heavy atom. The normalized spacial score (nSPS) is 10.2. The molecule has 1 amide bonds. The molecule has 1 aromatic heterocycles. The number of benzene rings is 1. The summed E-state index contributed by atoms with van der Waals surface area (Å²) in [5.41, 5.74) is 1.07. The molecular formula is C18H23N3O4. The van der Waals surface area contributed by atoms with Gasteiger partial charge in [0.1, 0.15) is 17.3 Å². The maximum absolute atomic E-state index is 12.5. The molecule has 0 fully saturated rings. The van der Waals surface area contributed by atoms with Crippen LogP contribution in [0.15, 0.2) is 36.5 Å². The summed E-state index contributed by atoms with van der Waals surface area (Å²) >= 11 is 0. The summed E-state index contributed by atoms with van der Waals surface area (Å²) in [6.45, 7) is 1.39. The fourth-order valence-electron chi connectivity index (χ4n) is 2.20. The highest BCUT2D eigenvalue weighted by molar-refractivity contribution is 6.05. The summed E-state index contributed by atoms with van der Waals surface area (Å²) in [6, 6.07) is 8.57. The average Bonchev–Trinajstić information content (AvgIpc) is 2.65. The fraction of sp³-hybridized carbons (Fsp3) is 0.333. The number of ether oxygens (including phenoxy) is 3. The molecule has 0 unspecified atom stereocenters. The third-order valence-electron chi connectivity index (χ3n) is 3.51. The maximum atomic E-state index is 12.5. The number of hydrogen-bond acceptors (Lipinski definition) is 6. The quantitative estimate of drug-likeness (QED) is 0.680. The number of pyridine rings is 1. The summed E-state index contributed by atoms with van der Waals surface area (Å²) in [5, 5.41) is 6.00. The van der Waals surface area contributed by atoms with Crippen molar-refractivity contribution >= 4 is 17.4 Å². The predicted octanol–water partition coefficient (Wildman–Crippen LogP) is 2.80. The molecule has 0 spiro atoms. The third kappa shape index (κ3) is 5.36. The molecular weight excluding hydrogens is 322 g/mol. The van der Waals surface area contributed by atoms with E-state index in [0.29, 0.717) is 35.2 Å². The zero-order valence-electron chi connectivity index (χ0n) is 14.7. The lowest BCUT2D eigenvalue weighted by Gasteiger charge is -2.12. The number of carbonyl (C=O) groups is 1. The van der Waals surface area contributed by atoms with Gasteiger partial charge in [-0.2, -0.15) is 0 Å². The van der Waals surface area contributed by atoms with E-state index < -0.39 is 0 Å². The summed E-state index contributed by atoms with van der Waals surface area (Å²) in [5.74, 6) is 1.58. The largest absolute Gasteiger partial charge is 0.497 e. The van der Waals surface area contributed by atoms with Crippen molar-refractivity contribution in [2.24, 2.45) is 0 Å². The molecule has 134 valence electrons. The summed E-state index contributed by atoms with van der Waals surface area (Å²) in [4.78, 5) is 16.7. The van der Waals surface area contributed by atoms with Crippen molar-refractivity contribution in [1.29, 1.82) is 0 Å². The van der Waals surface area contributed by atoms with E-state index in [4.69, 9.17) is 14.2 Å². The van der Waals surface area contributed by atoms with Crippen molar-refractivity contribution < 1.29 is 19.0 Å². The predicted molar refractivity (Wildman–Crippen MR) is 96.7 cm³/mol. The van der Waals surface area contributed by atoms with E-state index in [2.05, 4.69) is 15.6 Å². The number of methoxy groups -OCH3 is 3. The van der Waals surface area contributed by atoms with Crippen LogP contribution in [0.4, 0.5) is 11.5 Å². The molecule has 1 heterocycles. The van der Waals surface area contributed by atoms with E-state index in [1.54, 1.807) is 57.9 Å². The van der Waals surface area contributed by atoms with E-state index in [0.717, 1.165) is 13.0 Å². The summed E-state index contributed by atoms with van der Waals surface area (Å²) in [7, 11) is 4.78. The first-order chi connectivity index (χ1) is 12.2. The van der Waals surface area contributed by atoms with Crippen molar-refractivity contribution in [3.05, 3.63) is 42.1 Å². The number of aromatic nitrogens is 1. The van der Waals surface area contributed by atoms with Crippen molar-refractivity contribution in [3.63, 3.8) is 0 Å². The lowest BCUT2D eigenvalue weighted by Crippen LogP contribution is -2.14. The molecule has 1 aromatic carbocycles. The highest BCUT2D eigenvalue weighted by Crippen LogP contribution is 2.29. The number of anilines is 2. The molecule has 0 saturated carbocycles. The highest BCUT2D eigenvalue weighted by Gasteiger charge is 2.11. The van der Waals surface area contributed by atoms with Gasteiger partial charge in [-0.25, -0.2) is 4.98 Å². The summed E-state index contributed by atoms with van der Waals surface area (Å²) < 4.78 is 15.4. The molecule has 7 nitrogen and oxygen atoms in total. The standard InChI is InChI=1S/C18H23N3O4/c1-23-10-4-8-19-17-11-13(7-9-20-17)18(22)21-15-6-5-14(24-2)12-16(15)25-3/h5-7,9,11-12H,4,8,10H2,1-3H3,(H,19,20)(H,21,22). The molecule has 2 aromatic rings. The lowest BCUT2D eigenvalue weighted by molar-refractivity contribution is 0.102. The number of carbonyl (C=O) groups excluding carboxylic acids is 1. The van der Waals surface area contributed by atoms with Gasteiger partial charge in [0.2, 0.25) is 0 Å². The van der Waals surface area contributed by atoms with Gasteiger partial charge in [0.25, 0.3) is 5.91 Å². The molecule has 0 aliphatic carbocycles. The second-order valence-corrected chi connectivity index (χ2v) is 5.22. The first kappa shape index (κ1) is 18.5. The first-order valence-corrected chi connectivity index (χ1v) is 7.90. The van der Waals surface area contributed by atoms with Crippen LogP contribution < -0.4 is 20.1 Å². The topological polar surface area (TPSA) is 81.7 Å². The number of rotatable bonds is 9. The molecule has 2 N–H and O–H groups in total. The number of nitrogens with one attached hydrogen (secondary N) is 2. The Morgan fingerprint density at radius 2 is 1.96 bits per heavy atom. The van der Waals surface area contributed by atoms with E-state index >= 15 is 0 Å². The van der Waals surface area contributed by atoms with Crippen molar-refractivity contribution in [2.75, 3.05) is 45.1 Å². The van der Waals surface area contributed by atoms with E-state index in [1.165, 1.54) is 0 Å². The van der Waals surface area contributed by atoms with Crippen LogP contribution in [0.5, 0.6) is 11.5 Å². The minimum atomic E-state index is -0.245. The molecule has 0 radical (unpaired) electrons. The number of amides is 1. The monoisotopic (exact) mass is 345 g/mol. The van der Waals surface area contributed by atoms with Gasteiger partial charge >= 0.3 is 0 Å². The van der Waals surface area contributed by atoms with Crippen LogP contribution in [0.2, 0.25) is 0 Å². The van der Waals surface area contributed by atoms with Gasteiger partial charge in [0.05, 0.1) is 19.9 Å². The highest BCUT2D eigenvalue weighted by atomic mass is 16.5. The minimum Gasteiger partial charge on any atom is -0.497 e. The van der Waals surface area contributed by atoms with Crippen molar-refractivity contribution in [3.8, 4) is 11.5 Å². The average molecular weight is 345 g/mol. The molecule has 0 aliphatic rings. The number of hydrogen-bond donors (Lipinski definition) is 2. The second kappa shape index (κ2) is 9.48. The van der Waals surface area contributed by atoms with Crippen molar-refractivity contribution in [1.82, 2.24) is 4.98 Å². The SMILES string of the molecule is COCCCNc1cc(C(=O)Nc2ccc(OC)cc2OC)ccn1. The van der Waals surface area contributed by atoms with Gasteiger partial charge in [-0.1, -0.05) is 0 Å². The van der Waals surface area contributed by atoms with Gasteiger partial charge in [-0.05, 0) is 30.7 Å². The van der Waals surface area contributed by atoms with Crippen LogP contribution in [0.1, 0.15) is 16.8 Å². The molecule has 25 heavy (non-hydrogen) atoms. The Bertz CT molecular complexity index is 706. The third-order valence-corrected chi connectivity index (χ3v) is 3.51. The maximum Gasteiger partial charge on any atom is 0.255 e. The zero-order chi connectivity index (χ0) is 18.1. The van der Waals surface area contributed by atoms with Gasteiger partial charge in [-0.3, -0.25) is 4.79 Å². The second-order valence-electron chi connectivity index (χ2n) is 5.22. The van der Waals surface area contributed by atoms with Gasteiger partial charge in [0, 0.05) is 38.1 Å². The number of nitrogens with zero attached hydrogens (tertiary/aromatic N) is 1. The smallest absolute Gasteiger partial charge is 0.255 e. The Labute approximate surface area is 147 Å². The van der Waals surface area contributed by atoms with E-state index in [-0.39, 0.29) is 5.91 Å². The molecule has 0 saturated heterocycles. The molecule has 0 aliphatic heterocycles. The Morgan fingerprint density at radius 3 is 2.68 bits per heavy atom. The Kier molecular flexibility index (Phi) is 7.03. The Balaban J connectivity index is 2.05. The van der Waals surface area contributed by atoms with Gasteiger partial charge in [-0.15, -0.1) is 0 Å². The first-order valence-electron chi connectivity index (χ1n) is 7.90. The lowest BCUT2D eigenvalue weighted by atomic mass is 10.2. The van der Waals surface area contributed by atoms with Gasteiger partial charge in [0.15, 0.2) is 0 Å². The molecule has 0 atom stereocenters.